The smallest absolute Gasteiger partial charge is 0.159 e. The van der Waals surface area contributed by atoms with Gasteiger partial charge in [0.05, 0.1) is 6.54 Å². The number of nitrogens with zero attached hydrogens (tertiary/aromatic N) is 3. The van der Waals surface area contributed by atoms with Crippen molar-refractivity contribution >= 4 is 22.6 Å². The van der Waals surface area contributed by atoms with Crippen LogP contribution in [0.2, 0.25) is 0 Å². The highest BCUT2D eigenvalue weighted by molar-refractivity contribution is 8.14. The molecule has 0 aliphatic carbocycles. The highest BCUT2D eigenvalue weighted by atomic mass is 32.2. The van der Waals surface area contributed by atoms with Crippen molar-refractivity contribution in [3.63, 3.8) is 0 Å². The maximum Gasteiger partial charge on any atom is 0.159 e. The van der Waals surface area contributed by atoms with Crippen molar-refractivity contribution in [3.05, 3.63) is 65.7 Å². The Labute approximate surface area is 154 Å². The van der Waals surface area contributed by atoms with E-state index >= 15 is 0 Å². The quantitative estimate of drug-likeness (QED) is 0.837. The molecule has 2 aromatic carbocycles. The fourth-order valence-electron chi connectivity index (χ4n) is 3.58. The van der Waals surface area contributed by atoms with E-state index in [0.717, 1.165) is 39.1 Å². The maximum atomic E-state index is 4.84. The Kier molecular flexibility index (Phi) is 4.97. The first-order chi connectivity index (χ1) is 12.3. The predicted octanol–water partition coefficient (Wildman–Crippen LogP) is 3.83. The van der Waals surface area contributed by atoms with E-state index in [0.29, 0.717) is 5.25 Å². The summed E-state index contributed by atoms with van der Waals surface area (Å²) in [6, 6.07) is 19.6. The topological polar surface area (TPSA) is 18.8 Å². The van der Waals surface area contributed by atoms with Crippen molar-refractivity contribution < 1.29 is 0 Å². The Morgan fingerprint density at radius 1 is 0.960 bits per heavy atom. The average molecular weight is 352 g/mol. The van der Waals surface area contributed by atoms with Crippen LogP contribution in [-0.2, 0) is 6.42 Å². The number of aryl methyl sites for hydroxylation is 1. The molecule has 0 amide bonds. The predicted molar refractivity (Wildman–Crippen MR) is 109 cm³/mol. The molecule has 1 saturated heterocycles. The number of hydrogen-bond acceptors (Lipinski definition) is 4. The molecule has 2 aromatic rings. The molecule has 0 N–H and O–H groups in total. The molecule has 130 valence electrons. The van der Waals surface area contributed by atoms with Crippen molar-refractivity contribution in [2.24, 2.45) is 4.99 Å². The number of thioether (sulfide) groups is 1. The summed E-state index contributed by atoms with van der Waals surface area (Å²) in [5.41, 5.74) is 4.11. The Hall–Kier alpha value is -1.94. The van der Waals surface area contributed by atoms with Crippen molar-refractivity contribution in [3.8, 4) is 0 Å². The molecule has 2 aliphatic rings. The molecule has 1 fully saturated rings. The van der Waals surface area contributed by atoms with Gasteiger partial charge in [-0.05, 0) is 31.0 Å². The van der Waals surface area contributed by atoms with E-state index in [2.05, 4.69) is 71.3 Å². The number of piperazine rings is 1. The van der Waals surface area contributed by atoms with Gasteiger partial charge in [0.2, 0.25) is 0 Å². The van der Waals surface area contributed by atoms with Crippen LogP contribution < -0.4 is 4.90 Å². The van der Waals surface area contributed by atoms with Gasteiger partial charge >= 0.3 is 0 Å². The van der Waals surface area contributed by atoms with E-state index in [1.165, 1.54) is 22.0 Å². The fraction of sp³-hybridized carbons (Fsp3) is 0.381. The zero-order valence-electron chi connectivity index (χ0n) is 14.8. The highest BCUT2D eigenvalue weighted by Crippen LogP contribution is 2.28. The van der Waals surface area contributed by atoms with Crippen LogP contribution >= 0.6 is 11.8 Å². The molecular formula is C21H25N3S. The first kappa shape index (κ1) is 16.5. The summed E-state index contributed by atoms with van der Waals surface area (Å²) < 4.78 is 0. The van der Waals surface area contributed by atoms with Crippen LogP contribution in [0.15, 0.2) is 59.6 Å². The summed E-state index contributed by atoms with van der Waals surface area (Å²) in [6.07, 6.45) is 1.11. The number of hydrogen-bond donors (Lipinski definition) is 0. The van der Waals surface area contributed by atoms with Gasteiger partial charge in [-0.3, -0.25) is 4.99 Å². The lowest BCUT2D eigenvalue weighted by Gasteiger charge is -2.37. The molecule has 0 spiro atoms. The second-order valence-corrected chi connectivity index (χ2v) is 8.13. The van der Waals surface area contributed by atoms with Gasteiger partial charge in [-0.15, -0.1) is 0 Å². The molecular weight excluding hydrogens is 326 g/mol. The second-order valence-electron chi connectivity index (χ2n) is 6.87. The SMILES string of the molecule is Cc1cccc(CC2CN=C(N3CCN(c4ccccc4)CC3)S2)c1. The van der Waals surface area contributed by atoms with Crippen LogP contribution in [0.1, 0.15) is 11.1 Å². The van der Waals surface area contributed by atoms with Gasteiger partial charge in [0, 0.05) is 37.1 Å². The maximum absolute atomic E-state index is 4.84. The lowest BCUT2D eigenvalue weighted by Crippen LogP contribution is -2.47. The molecule has 1 atom stereocenters. The monoisotopic (exact) mass is 351 g/mol. The third kappa shape index (κ3) is 4.01. The van der Waals surface area contributed by atoms with Gasteiger partial charge in [0.1, 0.15) is 0 Å². The number of amidine groups is 1. The van der Waals surface area contributed by atoms with Gasteiger partial charge in [-0.1, -0.05) is 59.8 Å². The van der Waals surface area contributed by atoms with Crippen LogP contribution in [0.3, 0.4) is 0 Å². The van der Waals surface area contributed by atoms with Crippen molar-refractivity contribution in [1.82, 2.24) is 4.90 Å². The van der Waals surface area contributed by atoms with E-state index in [9.17, 15) is 0 Å². The minimum absolute atomic E-state index is 0.587. The number of para-hydroxylation sites is 1. The van der Waals surface area contributed by atoms with E-state index in [4.69, 9.17) is 4.99 Å². The van der Waals surface area contributed by atoms with E-state index in [-0.39, 0.29) is 0 Å². The molecule has 2 heterocycles. The molecule has 4 heteroatoms. The Morgan fingerprint density at radius 2 is 1.72 bits per heavy atom. The Balaban J connectivity index is 1.29. The Bertz CT molecular complexity index is 736. The third-order valence-electron chi connectivity index (χ3n) is 4.92. The van der Waals surface area contributed by atoms with Gasteiger partial charge in [0.15, 0.2) is 5.17 Å². The standard InChI is InChI=1S/C21H25N3S/c1-17-6-5-7-18(14-17)15-20-16-22-21(25-20)24-12-10-23(11-13-24)19-8-3-2-4-9-19/h2-9,14,20H,10-13,15-16H2,1H3. The summed E-state index contributed by atoms with van der Waals surface area (Å²) in [7, 11) is 0. The lowest BCUT2D eigenvalue weighted by atomic mass is 10.1. The van der Waals surface area contributed by atoms with E-state index < -0.39 is 0 Å². The first-order valence-electron chi connectivity index (χ1n) is 9.09. The molecule has 0 bridgehead atoms. The van der Waals surface area contributed by atoms with Gasteiger partial charge in [-0.2, -0.15) is 0 Å². The molecule has 1 unspecified atom stereocenters. The van der Waals surface area contributed by atoms with E-state index in [1.807, 2.05) is 11.8 Å². The van der Waals surface area contributed by atoms with Crippen LogP contribution in [0.4, 0.5) is 5.69 Å². The van der Waals surface area contributed by atoms with Crippen LogP contribution in [0.25, 0.3) is 0 Å². The van der Waals surface area contributed by atoms with Gasteiger partial charge in [0.25, 0.3) is 0 Å². The third-order valence-corrected chi connectivity index (χ3v) is 6.17. The zero-order chi connectivity index (χ0) is 17.1. The average Bonchev–Trinajstić information content (AvgIpc) is 3.11. The summed E-state index contributed by atoms with van der Waals surface area (Å²) in [6.45, 7) is 7.40. The van der Waals surface area contributed by atoms with Crippen molar-refractivity contribution in [2.75, 3.05) is 37.6 Å². The normalized spacial score (nSPS) is 20.7. The molecule has 25 heavy (non-hydrogen) atoms. The first-order valence-corrected chi connectivity index (χ1v) is 9.97. The van der Waals surface area contributed by atoms with Crippen molar-refractivity contribution in [1.29, 1.82) is 0 Å². The molecule has 0 radical (unpaired) electrons. The summed E-state index contributed by atoms with van der Waals surface area (Å²) in [5.74, 6) is 0. The Morgan fingerprint density at radius 3 is 2.48 bits per heavy atom. The highest BCUT2D eigenvalue weighted by Gasteiger charge is 2.26. The number of benzene rings is 2. The van der Waals surface area contributed by atoms with Crippen molar-refractivity contribution in [2.45, 2.75) is 18.6 Å². The summed E-state index contributed by atoms with van der Waals surface area (Å²) >= 11 is 1.97. The second kappa shape index (κ2) is 7.52. The van der Waals surface area contributed by atoms with Gasteiger partial charge in [-0.25, -0.2) is 0 Å². The largest absolute Gasteiger partial charge is 0.368 e. The van der Waals surface area contributed by atoms with Gasteiger partial charge < -0.3 is 9.80 Å². The number of anilines is 1. The molecule has 3 nitrogen and oxygen atoms in total. The van der Waals surface area contributed by atoms with Crippen LogP contribution in [0, 0.1) is 6.92 Å². The minimum Gasteiger partial charge on any atom is -0.368 e. The molecule has 0 saturated carbocycles. The molecule has 2 aliphatic heterocycles. The van der Waals surface area contributed by atoms with E-state index in [1.54, 1.807) is 0 Å². The molecule has 0 aromatic heterocycles. The summed E-state index contributed by atoms with van der Waals surface area (Å²) in [4.78, 5) is 9.79. The fourth-order valence-corrected chi connectivity index (χ4v) is 4.78. The molecule has 4 rings (SSSR count). The lowest BCUT2D eigenvalue weighted by molar-refractivity contribution is 0.392. The van der Waals surface area contributed by atoms with Crippen LogP contribution in [-0.4, -0.2) is 48.0 Å². The number of aliphatic imine (C=N–C) groups is 1. The van der Waals surface area contributed by atoms with Crippen LogP contribution in [0.5, 0.6) is 0 Å². The number of rotatable bonds is 3. The minimum atomic E-state index is 0.587. The summed E-state index contributed by atoms with van der Waals surface area (Å²) in [5, 5.41) is 1.84. The zero-order valence-corrected chi connectivity index (χ0v) is 15.6.